The Hall–Kier alpha value is -0.450. The zero-order valence-corrected chi connectivity index (χ0v) is 10.6. The van der Waals surface area contributed by atoms with Gasteiger partial charge in [-0.05, 0) is 17.7 Å². The standard InChI is InChI=1S/C12H14BrFO2/c1-16-10-6-12(15,7-10)5-8-2-3-9(14)4-11(8)13/h2-4,10,15H,5-7H2,1H3. The van der Waals surface area contributed by atoms with Crippen LogP contribution in [0.25, 0.3) is 0 Å². The fourth-order valence-corrected chi connectivity index (χ4v) is 2.61. The molecule has 2 nitrogen and oxygen atoms in total. The maximum absolute atomic E-state index is 12.9. The minimum Gasteiger partial charge on any atom is -0.389 e. The zero-order chi connectivity index (χ0) is 11.8. The number of halogens is 2. The quantitative estimate of drug-likeness (QED) is 0.927. The predicted molar refractivity (Wildman–Crippen MR) is 62.8 cm³/mol. The Labute approximate surface area is 103 Å². The van der Waals surface area contributed by atoms with Gasteiger partial charge in [0.2, 0.25) is 0 Å². The van der Waals surface area contributed by atoms with Crippen molar-refractivity contribution in [3.63, 3.8) is 0 Å². The first kappa shape index (κ1) is 12.0. The molecule has 16 heavy (non-hydrogen) atoms. The molecular formula is C12H14BrFO2. The number of rotatable bonds is 3. The lowest BCUT2D eigenvalue weighted by atomic mass is 9.74. The van der Waals surface area contributed by atoms with E-state index in [1.54, 1.807) is 13.2 Å². The molecule has 0 radical (unpaired) electrons. The monoisotopic (exact) mass is 288 g/mol. The molecule has 1 aliphatic carbocycles. The number of hydrogen-bond donors (Lipinski definition) is 1. The third-order valence-electron chi connectivity index (χ3n) is 3.08. The minimum atomic E-state index is -0.693. The molecule has 1 aromatic carbocycles. The van der Waals surface area contributed by atoms with Crippen molar-refractivity contribution in [2.75, 3.05) is 7.11 Å². The van der Waals surface area contributed by atoms with Gasteiger partial charge in [0.25, 0.3) is 0 Å². The van der Waals surface area contributed by atoms with Crippen molar-refractivity contribution in [2.45, 2.75) is 31.0 Å². The number of ether oxygens (including phenoxy) is 1. The van der Waals surface area contributed by atoms with Crippen molar-refractivity contribution in [3.05, 3.63) is 34.1 Å². The van der Waals surface area contributed by atoms with Crippen molar-refractivity contribution in [1.29, 1.82) is 0 Å². The van der Waals surface area contributed by atoms with E-state index in [1.807, 2.05) is 0 Å². The molecule has 1 saturated carbocycles. The van der Waals surface area contributed by atoms with Gasteiger partial charge in [0.05, 0.1) is 11.7 Å². The molecule has 0 spiro atoms. The Balaban J connectivity index is 2.05. The van der Waals surface area contributed by atoms with Crippen LogP contribution in [-0.4, -0.2) is 23.9 Å². The molecule has 0 atom stereocenters. The van der Waals surface area contributed by atoms with E-state index < -0.39 is 5.60 Å². The zero-order valence-electron chi connectivity index (χ0n) is 9.04. The molecule has 4 heteroatoms. The van der Waals surface area contributed by atoms with Crippen LogP contribution in [0.2, 0.25) is 0 Å². The Kier molecular flexibility index (Phi) is 3.33. The molecule has 1 N–H and O–H groups in total. The lowest BCUT2D eigenvalue weighted by Gasteiger charge is -2.43. The molecule has 0 amide bonds. The fourth-order valence-electron chi connectivity index (χ4n) is 2.12. The second-order valence-corrected chi connectivity index (χ2v) is 5.26. The lowest BCUT2D eigenvalue weighted by molar-refractivity contribution is -0.126. The van der Waals surface area contributed by atoms with E-state index in [4.69, 9.17) is 4.74 Å². The molecule has 1 fully saturated rings. The van der Waals surface area contributed by atoms with Crippen molar-refractivity contribution in [2.24, 2.45) is 0 Å². The number of benzene rings is 1. The van der Waals surface area contributed by atoms with Gasteiger partial charge < -0.3 is 9.84 Å². The van der Waals surface area contributed by atoms with Gasteiger partial charge in [-0.25, -0.2) is 4.39 Å². The van der Waals surface area contributed by atoms with Crippen LogP contribution in [0.4, 0.5) is 4.39 Å². The van der Waals surface area contributed by atoms with Gasteiger partial charge in [-0.15, -0.1) is 0 Å². The van der Waals surface area contributed by atoms with Crippen LogP contribution in [0.5, 0.6) is 0 Å². The van der Waals surface area contributed by atoms with Crippen LogP contribution in [0.1, 0.15) is 18.4 Å². The van der Waals surface area contributed by atoms with Crippen molar-refractivity contribution in [1.82, 2.24) is 0 Å². The minimum absolute atomic E-state index is 0.157. The van der Waals surface area contributed by atoms with E-state index in [1.165, 1.54) is 12.1 Å². The van der Waals surface area contributed by atoms with E-state index in [-0.39, 0.29) is 11.9 Å². The van der Waals surface area contributed by atoms with E-state index in [9.17, 15) is 9.50 Å². The summed E-state index contributed by atoms with van der Waals surface area (Å²) < 4.78 is 18.7. The fraction of sp³-hybridized carbons (Fsp3) is 0.500. The number of methoxy groups -OCH3 is 1. The van der Waals surface area contributed by atoms with Crippen LogP contribution in [-0.2, 0) is 11.2 Å². The van der Waals surface area contributed by atoms with Gasteiger partial charge in [-0.3, -0.25) is 0 Å². The molecule has 1 aromatic rings. The molecule has 0 bridgehead atoms. The van der Waals surface area contributed by atoms with Gasteiger partial charge in [-0.1, -0.05) is 22.0 Å². The van der Waals surface area contributed by atoms with Crippen LogP contribution < -0.4 is 0 Å². The highest BCUT2D eigenvalue weighted by Crippen LogP contribution is 2.38. The van der Waals surface area contributed by atoms with Gasteiger partial charge >= 0.3 is 0 Å². The number of hydrogen-bond acceptors (Lipinski definition) is 2. The molecule has 88 valence electrons. The average molecular weight is 289 g/mol. The predicted octanol–water partition coefficient (Wildman–Crippen LogP) is 2.67. The maximum Gasteiger partial charge on any atom is 0.124 e. The highest BCUT2D eigenvalue weighted by atomic mass is 79.9. The molecule has 0 aromatic heterocycles. The lowest BCUT2D eigenvalue weighted by Crippen LogP contribution is -2.49. The van der Waals surface area contributed by atoms with E-state index in [0.29, 0.717) is 23.7 Å². The Morgan fingerprint density at radius 2 is 2.25 bits per heavy atom. The highest BCUT2D eigenvalue weighted by molar-refractivity contribution is 9.10. The molecule has 2 rings (SSSR count). The normalized spacial score (nSPS) is 28.9. The molecule has 0 saturated heterocycles. The van der Waals surface area contributed by atoms with Crippen molar-refractivity contribution in [3.8, 4) is 0 Å². The molecule has 0 heterocycles. The second-order valence-electron chi connectivity index (χ2n) is 4.40. The summed E-state index contributed by atoms with van der Waals surface area (Å²) >= 11 is 3.30. The van der Waals surface area contributed by atoms with Gasteiger partial charge in [0.15, 0.2) is 0 Å². The van der Waals surface area contributed by atoms with Crippen LogP contribution in [0.15, 0.2) is 22.7 Å². The van der Waals surface area contributed by atoms with Gasteiger partial charge in [0, 0.05) is 30.8 Å². The van der Waals surface area contributed by atoms with Crippen LogP contribution >= 0.6 is 15.9 Å². The average Bonchev–Trinajstić information content (AvgIpc) is 2.18. The summed E-state index contributed by atoms with van der Waals surface area (Å²) in [4.78, 5) is 0. The first-order valence-electron chi connectivity index (χ1n) is 5.21. The van der Waals surface area contributed by atoms with Crippen LogP contribution in [0, 0.1) is 5.82 Å². The Morgan fingerprint density at radius 3 is 2.81 bits per heavy atom. The topological polar surface area (TPSA) is 29.5 Å². The van der Waals surface area contributed by atoms with Crippen LogP contribution in [0.3, 0.4) is 0 Å². The first-order chi connectivity index (χ1) is 7.52. The SMILES string of the molecule is COC1CC(O)(Cc2ccc(F)cc2Br)C1. The summed E-state index contributed by atoms with van der Waals surface area (Å²) in [5, 5.41) is 10.2. The Morgan fingerprint density at radius 1 is 1.56 bits per heavy atom. The largest absolute Gasteiger partial charge is 0.389 e. The Bertz CT molecular complexity index is 389. The molecular weight excluding hydrogens is 275 g/mol. The maximum atomic E-state index is 12.9. The highest BCUT2D eigenvalue weighted by Gasteiger charge is 2.43. The molecule has 0 unspecified atom stereocenters. The van der Waals surface area contributed by atoms with Gasteiger partial charge in [0.1, 0.15) is 5.82 Å². The van der Waals surface area contributed by atoms with E-state index in [0.717, 1.165) is 5.56 Å². The summed E-state index contributed by atoms with van der Waals surface area (Å²) in [6.45, 7) is 0. The smallest absolute Gasteiger partial charge is 0.124 e. The van der Waals surface area contributed by atoms with E-state index >= 15 is 0 Å². The van der Waals surface area contributed by atoms with E-state index in [2.05, 4.69) is 15.9 Å². The first-order valence-corrected chi connectivity index (χ1v) is 6.01. The third kappa shape index (κ3) is 2.44. The molecule has 1 aliphatic rings. The second kappa shape index (κ2) is 4.43. The summed E-state index contributed by atoms with van der Waals surface area (Å²) in [6, 6.07) is 4.54. The molecule has 0 aliphatic heterocycles. The summed E-state index contributed by atoms with van der Waals surface area (Å²) in [7, 11) is 1.65. The summed E-state index contributed by atoms with van der Waals surface area (Å²) in [5.41, 5.74) is 0.236. The third-order valence-corrected chi connectivity index (χ3v) is 3.82. The van der Waals surface area contributed by atoms with Crippen molar-refractivity contribution < 1.29 is 14.2 Å². The summed E-state index contributed by atoms with van der Waals surface area (Å²) in [6.07, 6.45) is 1.98. The van der Waals surface area contributed by atoms with Crippen molar-refractivity contribution >= 4 is 15.9 Å². The number of aliphatic hydroxyl groups is 1. The summed E-state index contributed by atoms with van der Waals surface area (Å²) in [5.74, 6) is -0.272. The van der Waals surface area contributed by atoms with Gasteiger partial charge in [-0.2, -0.15) is 0 Å².